The summed E-state index contributed by atoms with van der Waals surface area (Å²) in [4.78, 5) is 16.9. The molecule has 0 spiro atoms. The minimum atomic E-state index is 0.141. The Labute approximate surface area is 169 Å². The second kappa shape index (κ2) is 9.24. The van der Waals surface area contributed by atoms with Crippen LogP contribution in [-0.4, -0.2) is 38.0 Å². The third kappa shape index (κ3) is 5.14. The molecule has 2 aromatic carbocycles. The van der Waals surface area contributed by atoms with E-state index in [2.05, 4.69) is 91.6 Å². The van der Waals surface area contributed by atoms with Gasteiger partial charge in [-0.05, 0) is 41.2 Å². The Morgan fingerprint density at radius 3 is 2.39 bits per heavy atom. The van der Waals surface area contributed by atoms with Crippen molar-refractivity contribution in [3.63, 3.8) is 0 Å². The predicted molar refractivity (Wildman–Crippen MR) is 117 cm³/mol. The summed E-state index contributed by atoms with van der Waals surface area (Å²) in [5.41, 5.74) is 5.30. The summed E-state index contributed by atoms with van der Waals surface area (Å²) in [6.45, 7) is 6.75. The number of carbonyl (C=O) groups is 1. The van der Waals surface area contributed by atoms with Crippen molar-refractivity contribution in [2.45, 2.75) is 39.3 Å². The van der Waals surface area contributed by atoms with Crippen molar-refractivity contribution in [3.8, 4) is 0 Å². The normalized spacial score (nSPS) is 15.2. The van der Waals surface area contributed by atoms with Gasteiger partial charge < -0.3 is 10.2 Å². The van der Waals surface area contributed by atoms with Gasteiger partial charge in [0.05, 0.1) is 6.04 Å². The molecule has 4 heteroatoms. The second-order valence-corrected chi connectivity index (χ2v) is 8.39. The summed E-state index contributed by atoms with van der Waals surface area (Å²) in [5.74, 6) is 0.516. The first-order valence-corrected chi connectivity index (χ1v) is 10.3. The van der Waals surface area contributed by atoms with Crippen LogP contribution < -0.4 is 10.2 Å². The van der Waals surface area contributed by atoms with Gasteiger partial charge in [0.15, 0.2) is 0 Å². The van der Waals surface area contributed by atoms with E-state index in [4.69, 9.17) is 0 Å². The van der Waals surface area contributed by atoms with Crippen molar-refractivity contribution in [1.29, 1.82) is 0 Å². The van der Waals surface area contributed by atoms with Gasteiger partial charge in [0.25, 0.3) is 0 Å². The van der Waals surface area contributed by atoms with Gasteiger partial charge in [0, 0.05) is 45.8 Å². The van der Waals surface area contributed by atoms with E-state index in [-0.39, 0.29) is 11.9 Å². The number of benzene rings is 2. The highest BCUT2D eigenvalue weighted by Crippen LogP contribution is 2.28. The molecule has 0 aromatic heterocycles. The van der Waals surface area contributed by atoms with E-state index in [0.717, 1.165) is 19.5 Å². The summed E-state index contributed by atoms with van der Waals surface area (Å²) in [7, 11) is 4.11. The Hall–Kier alpha value is -2.33. The molecule has 1 aliphatic rings. The lowest BCUT2D eigenvalue weighted by molar-refractivity contribution is -0.122. The maximum atomic E-state index is 12.3. The van der Waals surface area contributed by atoms with Crippen LogP contribution in [0.2, 0.25) is 0 Å². The van der Waals surface area contributed by atoms with E-state index >= 15 is 0 Å². The molecule has 2 aromatic rings. The summed E-state index contributed by atoms with van der Waals surface area (Å²) in [5, 5.41) is 3.18. The highest BCUT2D eigenvalue weighted by atomic mass is 16.1. The molecule has 0 saturated carbocycles. The molecular weight excluding hydrogens is 346 g/mol. The van der Waals surface area contributed by atoms with Crippen LogP contribution in [0.25, 0.3) is 0 Å². The molecule has 150 valence electrons. The average molecular weight is 380 g/mol. The lowest BCUT2D eigenvalue weighted by Gasteiger charge is -2.36. The summed E-state index contributed by atoms with van der Waals surface area (Å²) in [6, 6.07) is 17.6. The molecule has 0 unspecified atom stereocenters. The molecule has 0 radical (unpaired) electrons. The molecule has 4 nitrogen and oxygen atoms in total. The number of hydrogen-bond donors (Lipinski definition) is 1. The quantitative estimate of drug-likeness (QED) is 0.789. The van der Waals surface area contributed by atoms with Crippen molar-refractivity contribution in [2.75, 3.05) is 32.1 Å². The van der Waals surface area contributed by atoms with Gasteiger partial charge in [-0.3, -0.25) is 9.69 Å². The zero-order valence-corrected chi connectivity index (χ0v) is 17.6. The van der Waals surface area contributed by atoms with Gasteiger partial charge in [-0.1, -0.05) is 50.2 Å². The van der Waals surface area contributed by atoms with Crippen LogP contribution in [0, 0.1) is 5.92 Å². The molecule has 0 fully saturated rings. The largest absolute Gasteiger partial charge is 0.378 e. The number of amides is 1. The zero-order chi connectivity index (χ0) is 20.1. The molecule has 1 amide bonds. The summed E-state index contributed by atoms with van der Waals surface area (Å²) in [6.07, 6.45) is 1.64. The molecule has 28 heavy (non-hydrogen) atoms. The third-order valence-corrected chi connectivity index (χ3v) is 5.48. The molecule has 0 aliphatic carbocycles. The number of anilines is 1. The Kier molecular flexibility index (Phi) is 6.74. The van der Waals surface area contributed by atoms with Gasteiger partial charge >= 0.3 is 0 Å². The van der Waals surface area contributed by atoms with Crippen LogP contribution in [0.3, 0.4) is 0 Å². The standard InChI is InChI=1S/C24H33N3O/c1-18(2)15-24(28)25-16-23(20-9-11-22(12-10-20)26(3)4)27-14-13-19-7-5-6-8-21(19)17-27/h5-12,18,23H,13-17H2,1-4H3,(H,25,28)/t23-/m0/s1. The van der Waals surface area contributed by atoms with Crippen molar-refractivity contribution < 1.29 is 4.79 Å². The third-order valence-electron chi connectivity index (χ3n) is 5.48. The summed E-state index contributed by atoms with van der Waals surface area (Å²) >= 11 is 0. The van der Waals surface area contributed by atoms with Crippen LogP contribution in [0.4, 0.5) is 5.69 Å². The first-order valence-electron chi connectivity index (χ1n) is 10.3. The van der Waals surface area contributed by atoms with Crippen LogP contribution in [-0.2, 0) is 17.8 Å². The number of carbonyl (C=O) groups excluding carboxylic acids is 1. The molecule has 1 aliphatic heterocycles. The molecule has 0 bridgehead atoms. The monoisotopic (exact) mass is 379 g/mol. The molecule has 1 atom stereocenters. The second-order valence-electron chi connectivity index (χ2n) is 8.39. The maximum absolute atomic E-state index is 12.3. The molecule has 0 saturated heterocycles. The van der Waals surface area contributed by atoms with Crippen molar-refractivity contribution >= 4 is 11.6 Å². The van der Waals surface area contributed by atoms with E-state index in [1.165, 1.54) is 22.4 Å². The highest BCUT2D eigenvalue weighted by Gasteiger charge is 2.25. The van der Waals surface area contributed by atoms with Crippen molar-refractivity contribution in [1.82, 2.24) is 10.2 Å². The fourth-order valence-corrected chi connectivity index (χ4v) is 3.89. The van der Waals surface area contributed by atoms with Crippen LogP contribution in [0.5, 0.6) is 0 Å². The number of rotatable bonds is 7. The van der Waals surface area contributed by atoms with E-state index in [1.807, 2.05) is 0 Å². The first-order chi connectivity index (χ1) is 13.4. The average Bonchev–Trinajstić information content (AvgIpc) is 2.68. The van der Waals surface area contributed by atoms with Crippen LogP contribution >= 0.6 is 0 Å². The Balaban J connectivity index is 1.79. The summed E-state index contributed by atoms with van der Waals surface area (Å²) < 4.78 is 0. The lowest BCUT2D eigenvalue weighted by atomic mass is 9.96. The lowest BCUT2D eigenvalue weighted by Crippen LogP contribution is -2.40. The smallest absolute Gasteiger partial charge is 0.220 e. The molecular formula is C24H33N3O. The zero-order valence-electron chi connectivity index (χ0n) is 17.6. The fraction of sp³-hybridized carbons (Fsp3) is 0.458. The molecule has 1 N–H and O–H groups in total. The molecule has 3 rings (SSSR count). The topological polar surface area (TPSA) is 35.6 Å². The van der Waals surface area contributed by atoms with Gasteiger partial charge in [-0.15, -0.1) is 0 Å². The number of nitrogens with zero attached hydrogens (tertiary/aromatic N) is 2. The minimum Gasteiger partial charge on any atom is -0.378 e. The predicted octanol–water partition coefficient (Wildman–Crippen LogP) is 4.01. The van der Waals surface area contributed by atoms with Crippen molar-refractivity contribution in [3.05, 3.63) is 65.2 Å². The number of nitrogens with one attached hydrogen (secondary N) is 1. The maximum Gasteiger partial charge on any atom is 0.220 e. The Bertz CT molecular complexity index is 783. The molecule has 1 heterocycles. The number of hydrogen-bond acceptors (Lipinski definition) is 3. The van der Waals surface area contributed by atoms with Gasteiger partial charge in [0.1, 0.15) is 0 Å². The highest BCUT2D eigenvalue weighted by molar-refractivity contribution is 5.76. The fourth-order valence-electron chi connectivity index (χ4n) is 3.89. The van der Waals surface area contributed by atoms with E-state index in [1.54, 1.807) is 0 Å². The minimum absolute atomic E-state index is 0.141. The van der Waals surface area contributed by atoms with E-state index in [0.29, 0.717) is 18.9 Å². The van der Waals surface area contributed by atoms with Crippen molar-refractivity contribution in [2.24, 2.45) is 5.92 Å². The number of fused-ring (bicyclic) bond motifs is 1. The van der Waals surface area contributed by atoms with Crippen LogP contribution in [0.15, 0.2) is 48.5 Å². The first kappa shape index (κ1) is 20.4. The van der Waals surface area contributed by atoms with Gasteiger partial charge in [-0.25, -0.2) is 0 Å². The van der Waals surface area contributed by atoms with Gasteiger partial charge in [-0.2, -0.15) is 0 Å². The van der Waals surface area contributed by atoms with Crippen LogP contribution in [0.1, 0.15) is 43.0 Å². The Morgan fingerprint density at radius 1 is 1.07 bits per heavy atom. The SMILES string of the molecule is CC(C)CC(=O)NC[C@@H](c1ccc(N(C)C)cc1)N1CCc2ccccc2C1. The van der Waals surface area contributed by atoms with E-state index < -0.39 is 0 Å². The van der Waals surface area contributed by atoms with E-state index in [9.17, 15) is 4.79 Å². The van der Waals surface area contributed by atoms with Gasteiger partial charge in [0.2, 0.25) is 5.91 Å². The Morgan fingerprint density at radius 2 is 1.75 bits per heavy atom.